The predicted molar refractivity (Wildman–Crippen MR) is 62.1 cm³/mol. The molecule has 0 aromatic carbocycles. The Morgan fingerprint density at radius 3 is 2.83 bits per heavy atom. The van der Waals surface area contributed by atoms with E-state index in [1.54, 1.807) is 23.0 Å². The zero-order chi connectivity index (χ0) is 12.7. The largest absolute Gasteiger partial charge is 0.476 e. The van der Waals surface area contributed by atoms with Crippen molar-refractivity contribution < 1.29 is 9.90 Å². The standard InChI is InChI=1S/C11H9N5O2/c1-15-5-7(4-12-15)8-2-3-10-13-9(11(17)18)6-16(10)14-8/h2-6H,1H3,(H,17,18). The molecule has 0 bridgehead atoms. The van der Waals surface area contributed by atoms with Gasteiger partial charge in [-0.05, 0) is 12.1 Å². The van der Waals surface area contributed by atoms with Crippen molar-refractivity contribution in [2.45, 2.75) is 0 Å². The van der Waals surface area contributed by atoms with Gasteiger partial charge in [0.2, 0.25) is 0 Å². The molecule has 0 spiro atoms. The van der Waals surface area contributed by atoms with E-state index in [2.05, 4.69) is 15.2 Å². The average molecular weight is 243 g/mol. The Morgan fingerprint density at radius 1 is 1.33 bits per heavy atom. The highest BCUT2D eigenvalue weighted by atomic mass is 16.4. The molecule has 0 saturated carbocycles. The van der Waals surface area contributed by atoms with E-state index in [9.17, 15) is 4.79 Å². The van der Waals surface area contributed by atoms with Crippen LogP contribution in [-0.4, -0.2) is 35.5 Å². The first kappa shape index (κ1) is 10.5. The first-order valence-electron chi connectivity index (χ1n) is 5.22. The van der Waals surface area contributed by atoms with Gasteiger partial charge >= 0.3 is 5.97 Å². The quantitative estimate of drug-likeness (QED) is 0.720. The number of rotatable bonds is 2. The number of carbonyl (C=O) groups is 1. The highest BCUT2D eigenvalue weighted by Crippen LogP contribution is 2.16. The number of carboxylic acid groups (broad SMARTS) is 1. The molecule has 0 aliphatic rings. The summed E-state index contributed by atoms with van der Waals surface area (Å²) in [4.78, 5) is 14.7. The van der Waals surface area contributed by atoms with Crippen molar-refractivity contribution in [1.82, 2.24) is 24.4 Å². The van der Waals surface area contributed by atoms with E-state index >= 15 is 0 Å². The van der Waals surface area contributed by atoms with Crippen molar-refractivity contribution in [2.24, 2.45) is 7.05 Å². The number of fused-ring (bicyclic) bond motifs is 1. The van der Waals surface area contributed by atoms with Crippen LogP contribution in [-0.2, 0) is 7.05 Å². The molecule has 3 heterocycles. The van der Waals surface area contributed by atoms with Gasteiger partial charge in [0.25, 0.3) is 0 Å². The van der Waals surface area contributed by atoms with Crippen LogP contribution in [0.5, 0.6) is 0 Å². The van der Waals surface area contributed by atoms with Gasteiger partial charge in [0.1, 0.15) is 0 Å². The maximum atomic E-state index is 10.8. The van der Waals surface area contributed by atoms with Gasteiger partial charge in [0, 0.05) is 18.8 Å². The zero-order valence-corrected chi connectivity index (χ0v) is 9.48. The Morgan fingerprint density at radius 2 is 2.17 bits per heavy atom. The zero-order valence-electron chi connectivity index (χ0n) is 9.48. The molecule has 3 aromatic heterocycles. The second-order valence-corrected chi connectivity index (χ2v) is 3.86. The molecule has 0 radical (unpaired) electrons. The molecule has 0 amide bonds. The second kappa shape index (κ2) is 3.66. The lowest BCUT2D eigenvalue weighted by Crippen LogP contribution is -1.95. The summed E-state index contributed by atoms with van der Waals surface area (Å²) in [5.74, 6) is -1.07. The van der Waals surface area contributed by atoms with Gasteiger partial charge < -0.3 is 5.11 Å². The molecule has 0 unspecified atom stereocenters. The summed E-state index contributed by atoms with van der Waals surface area (Å²) >= 11 is 0. The van der Waals surface area contributed by atoms with Crippen molar-refractivity contribution in [3.05, 3.63) is 36.4 Å². The number of aryl methyl sites for hydroxylation is 1. The lowest BCUT2D eigenvalue weighted by Gasteiger charge is -1.96. The van der Waals surface area contributed by atoms with E-state index in [1.165, 1.54) is 10.7 Å². The summed E-state index contributed by atoms with van der Waals surface area (Å²) in [6, 6.07) is 3.51. The van der Waals surface area contributed by atoms with Crippen LogP contribution in [0.2, 0.25) is 0 Å². The highest BCUT2D eigenvalue weighted by Gasteiger charge is 2.10. The molecule has 0 atom stereocenters. The third-order valence-electron chi connectivity index (χ3n) is 2.54. The molecule has 18 heavy (non-hydrogen) atoms. The van der Waals surface area contributed by atoms with Crippen LogP contribution in [0.3, 0.4) is 0 Å². The van der Waals surface area contributed by atoms with Crippen LogP contribution in [0.15, 0.2) is 30.7 Å². The average Bonchev–Trinajstić information content (AvgIpc) is 2.93. The molecule has 0 saturated heterocycles. The van der Waals surface area contributed by atoms with Crippen LogP contribution >= 0.6 is 0 Å². The van der Waals surface area contributed by atoms with Crippen molar-refractivity contribution in [2.75, 3.05) is 0 Å². The maximum absolute atomic E-state index is 10.8. The summed E-state index contributed by atoms with van der Waals surface area (Å²) < 4.78 is 3.13. The summed E-state index contributed by atoms with van der Waals surface area (Å²) in [6.45, 7) is 0. The fourth-order valence-electron chi connectivity index (χ4n) is 1.69. The molecule has 0 aliphatic heterocycles. The second-order valence-electron chi connectivity index (χ2n) is 3.86. The predicted octanol–water partition coefficient (Wildman–Crippen LogP) is 0.828. The summed E-state index contributed by atoms with van der Waals surface area (Å²) in [7, 11) is 1.82. The molecular weight excluding hydrogens is 234 g/mol. The van der Waals surface area contributed by atoms with Crippen molar-refractivity contribution in [1.29, 1.82) is 0 Å². The summed E-state index contributed by atoms with van der Waals surface area (Å²) in [6.07, 6.45) is 4.92. The topological polar surface area (TPSA) is 85.3 Å². The fourth-order valence-corrected chi connectivity index (χ4v) is 1.69. The molecule has 90 valence electrons. The van der Waals surface area contributed by atoms with Crippen molar-refractivity contribution in [3.8, 4) is 11.3 Å². The van der Waals surface area contributed by atoms with Crippen LogP contribution < -0.4 is 0 Å². The molecule has 7 heteroatoms. The van der Waals surface area contributed by atoms with Gasteiger partial charge in [-0.15, -0.1) is 0 Å². The Kier molecular flexibility index (Phi) is 2.12. The Hall–Kier alpha value is -2.70. The van der Waals surface area contributed by atoms with Crippen LogP contribution in [0, 0.1) is 0 Å². The SMILES string of the molecule is Cn1cc(-c2ccc3nc(C(=O)O)cn3n2)cn1. The van der Waals surface area contributed by atoms with Gasteiger partial charge in [-0.25, -0.2) is 14.3 Å². The molecule has 3 rings (SSSR count). The minimum absolute atomic E-state index is 0.0224. The van der Waals surface area contributed by atoms with E-state index in [4.69, 9.17) is 5.11 Å². The smallest absolute Gasteiger partial charge is 0.356 e. The maximum Gasteiger partial charge on any atom is 0.356 e. The van der Waals surface area contributed by atoms with Crippen molar-refractivity contribution in [3.63, 3.8) is 0 Å². The Labute approximate surface area is 101 Å². The lowest BCUT2D eigenvalue weighted by molar-refractivity contribution is 0.0691. The molecule has 1 N–H and O–H groups in total. The van der Waals surface area contributed by atoms with Gasteiger partial charge in [-0.2, -0.15) is 10.2 Å². The summed E-state index contributed by atoms with van der Waals surface area (Å²) in [5.41, 5.74) is 2.06. The molecule has 3 aromatic rings. The van der Waals surface area contributed by atoms with E-state index in [0.29, 0.717) is 11.3 Å². The lowest BCUT2D eigenvalue weighted by atomic mass is 10.2. The third-order valence-corrected chi connectivity index (χ3v) is 2.54. The van der Waals surface area contributed by atoms with Gasteiger partial charge in [0.15, 0.2) is 11.3 Å². The normalized spacial score (nSPS) is 10.9. The van der Waals surface area contributed by atoms with E-state index in [-0.39, 0.29) is 5.69 Å². The van der Waals surface area contributed by atoms with E-state index in [1.807, 2.05) is 13.2 Å². The number of aromatic nitrogens is 5. The Balaban J connectivity index is 2.13. The highest BCUT2D eigenvalue weighted by molar-refractivity contribution is 5.86. The number of hydrogen-bond acceptors (Lipinski definition) is 4. The first-order chi connectivity index (χ1) is 8.63. The van der Waals surface area contributed by atoms with Crippen LogP contribution in [0.4, 0.5) is 0 Å². The van der Waals surface area contributed by atoms with E-state index in [0.717, 1.165) is 5.56 Å². The minimum atomic E-state index is -1.07. The monoisotopic (exact) mass is 243 g/mol. The fraction of sp³-hybridized carbons (Fsp3) is 0.0909. The molecule has 0 fully saturated rings. The Bertz CT molecular complexity index is 743. The van der Waals surface area contributed by atoms with Gasteiger partial charge in [-0.3, -0.25) is 4.68 Å². The number of imidazole rings is 1. The van der Waals surface area contributed by atoms with Crippen LogP contribution in [0.1, 0.15) is 10.5 Å². The minimum Gasteiger partial charge on any atom is -0.476 e. The number of hydrogen-bond donors (Lipinski definition) is 1. The van der Waals surface area contributed by atoms with Gasteiger partial charge in [0.05, 0.1) is 18.1 Å². The third kappa shape index (κ3) is 1.61. The van der Waals surface area contributed by atoms with Crippen LogP contribution in [0.25, 0.3) is 16.9 Å². The van der Waals surface area contributed by atoms with Crippen molar-refractivity contribution >= 4 is 11.6 Å². The molecule has 7 nitrogen and oxygen atoms in total. The molecule has 0 aliphatic carbocycles. The number of carboxylic acids is 1. The summed E-state index contributed by atoms with van der Waals surface area (Å²) in [5, 5.41) is 17.2. The van der Waals surface area contributed by atoms with Gasteiger partial charge in [-0.1, -0.05) is 0 Å². The van der Waals surface area contributed by atoms with E-state index < -0.39 is 5.97 Å². The number of aromatic carboxylic acids is 1. The first-order valence-corrected chi connectivity index (χ1v) is 5.22. The molecular formula is C11H9N5O2. The number of nitrogens with zero attached hydrogens (tertiary/aromatic N) is 5.